The largest absolute Gasteiger partial charge is 0.462 e. The van der Waals surface area contributed by atoms with Crippen molar-refractivity contribution in [2.24, 2.45) is 0 Å². The summed E-state index contributed by atoms with van der Waals surface area (Å²) in [6, 6.07) is 0. The summed E-state index contributed by atoms with van der Waals surface area (Å²) < 4.78 is 16.9. The summed E-state index contributed by atoms with van der Waals surface area (Å²) >= 11 is 0. The lowest BCUT2D eigenvalue weighted by atomic mass is 10.0. The number of ether oxygens (including phenoxy) is 3. The Morgan fingerprint density at radius 2 is 0.494 bits per heavy atom. The third-order valence-electron chi connectivity index (χ3n) is 13.8. The highest BCUT2D eigenvalue weighted by atomic mass is 16.6. The van der Waals surface area contributed by atoms with Crippen molar-refractivity contribution in [2.45, 2.75) is 297 Å². The first-order chi connectivity index (χ1) is 40.0. The van der Waals surface area contributed by atoms with Gasteiger partial charge in [0.2, 0.25) is 0 Å². The summed E-state index contributed by atoms with van der Waals surface area (Å²) in [6.45, 7) is 6.35. The molecule has 6 heteroatoms. The molecule has 458 valence electrons. The zero-order valence-electron chi connectivity index (χ0n) is 52.5. The van der Waals surface area contributed by atoms with Gasteiger partial charge in [-0.15, -0.1) is 0 Å². The molecule has 0 bridgehead atoms. The number of carbonyl (C=O) groups excluding carboxylic acids is 3. The van der Waals surface area contributed by atoms with Crippen LogP contribution in [-0.2, 0) is 28.6 Å². The van der Waals surface area contributed by atoms with Crippen molar-refractivity contribution in [3.8, 4) is 0 Å². The molecular formula is C75H122O6. The lowest BCUT2D eigenvalue weighted by Gasteiger charge is -2.18. The Kier molecular flexibility index (Phi) is 63.9. The predicted octanol–water partition coefficient (Wildman–Crippen LogP) is 23.1. The zero-order chi connectivity index (χ0) is 58.5. The van der Waals surface area contributed by atoms with Gasteiger partial charge in [0.15, 0.2) is 6.10 Å². The van der Waals surface area contributed by atoms with Crippen molar-refractivity contribution >= 4 is 17.9 Å². The van der Waals surface area contributed by atoms with E-state index in [-0.39, 0.29) is 37.5 Å². The van der Waals surface area contributed by atoms with Gasteiger partial charge in [0.1, 0.15) is 13.2 Å². The molecule has 0 aliphatic rings. The van der Waals surface area contributed by atoms with Crippen LogP contribution in [0.4, 0.5) is 0 Å². The molecule has 1 atom stereocenters. The molecule has 81 heavy (non-hydrogen) atoms. The van der Waals surface area contributed by atoms with Gasteiger partial charge in [0.25, 0.3) is 0 Å². The molecule has 0 aromatic rings. The third-order valence-corrected chi connectivity index (χ3v) is 13.8. The predicted molar refractivity (Wildman–Crippen MR) is 352 cm³/mol. The molecule has 0 rings (SSSR count). The SMILES string of the molecule is CC/C=C\C/C=C\C/C=C\C/C=C\C/C=C\CCCC(=O)OCC(COC(=O)CCCCCCCCCCCCCC/C=C\C/C=C\C/C=C\C/C=C\CC)OC(=O)CCCCCCCC/C=C\C/C=C\C/C=C\CCCCCCC. The second kappa shape index (κ2) is 67.8. The molecule has 0 fully saturated rings. The number of allylic oxidation sites excluding steroid dienone is 24. The average Bonchev–Trinajstić information content (AvgIpc) is 3.47. The molecule has 0 saturated heterocycles. The number of unbranched alkanes of at least 4 members (excludes halogenated alkanes) is 24. The van der Waals surface area contributed by atoms with E-state index in [4.69, 9.17) is 14.2 Å². The van der Waals surface area contributed by atoms with Crippen LogP contribution in [0, 0.1) is 0 Å². The number of hydrogen-bond donors (Lipinski definition) is 0. The summed E-state index contributed by atoms with van der Waals surface area (Å²) in [4.78, 5) is 38.4. The van der Waals surface area contributed by atoms with Gasteiger partial charge in [-0.2, -0.15) is 0 Å². The molecule has 0 aromatic heterocycles. The lowest BCUT2D eigenvalue weighted by molar-refractivity contribution is -0.167. The standard InChI is InChI=1S/C75H122O6/c1-4-7-10-13-16-19-22-25-28-31-33-35-36-37-38-40-41-44-47-50-53-56-59-62-65-68-74(77)80-71-72(70-79-73(76)67-64-61-58-55-52-49-46-43-30-27-24-21-18-15-12-9-6-3)81-75(78)69-66-63-60-57-54-51-48-45-42-39-34-32-29-26-23-20-17-14-11-8-5-2/h7,9-10,12,16,18-19,21,23,25-28,30,32-35,42,45-46,49,55,58,72H,4-6,8,11,13-15,17,20,22,24,29,31,36-41,43-44,47-48,50-54,56-57,59-71H2,1-3H3/b10-7-,12-9-,19-16-,21-18-,26-23-,28-25-,30-27-,34-32-,35-33-,45-42-,49-46-,58-55-. The van der Waals surface area contributed by atoms with Gasteiger partial charge in [-0.05, 0) is 135 Å². The average molecular weight is 1120 g/mol. The van der Waals surface area contributed by atoms with Gasteiger partial charge in [-0.25, -0.2) is 0 Å². The summed E-state index contributed by atoms with van der Waals surface area (Å²) in [7, 11) is 0. The van der Waals surface area contributed by atoms with E-state index < -0.39 is 6.10 Å². The van der Waals surface area contributed by atoms with E-state index in [0.29, 0.717) is 19.3 Å². The number of hydrogen-bond acceptors (Lipinski definition) is 6. The Morgan fingerprint density at radius 1 is 0.259 bits per heavy atom. The van der Waals surface area contributed by atoms with Crippen LogP contribution in [-0.4, -0.2) is 37.2 Å². The molecule has 0 aromatic carbocycles. The fourth-order valence-electron chi connectivity index (χ4n) is 8.89. The molecule has 0 aliphatic carbocycles. The summed E-state index contributed by atoms with van der Waals surface area (Å²) in [5.74, 6) is -0.979. The number of esters is 3. The van der Waals surface area contributed by atoms with Gasteiger partial charge in [0.05, 0.1) is 0 Å². The van der Waals surface area contributed by atoms with Crippen molar-refractivity contribution in [3.05, 3.63) is 146 Å². The monoisotopic (exact) mass is 1120 g/mol. The Labute approximate surface area is 499 Å². The van der Waals surface area contributed by atoms with E-state index in [1.807, 2.05) is 0 Å². The van der Waals surface area contributed by atoms with Crippen LogP contribution in [0.1, 0.15) is 290 Å². The minimum Gasteiger partial charge on any atom is -0.462 e. The summed E-state index contributed by atoms with van der Waals surface area (Å²) in [5.41, 5.74) is 0. The van der Waals surface area contributed by atoms with Gasteiger partial charge in [-0.1, -0.05) is 282 Å². The quantitative estimate of drug-likeness (QED) is 0.0261. The van der Waals surface area contributed by atoms with E-state index in [0.717, 1.165) is 128 Å². The molecule has 0 saturated carbocycles. The molecule has 0 N–H and O–H groups in total. The van der Waals surface area contributed by atoms with E-state index in [9.17, 15) is 14.4 Å². The maximum absolute atomic E-state index is 12.9. The smallest absolute Gasteiger partial charge is 0.306 e. The van der Waals surface area contributed by atoms with Crippen LogP contribution in [0.2, 0.25) is 0 Å². The van der Waals surface area contributed by atoms with Crippen molar-refractivity contribution < 1.29 is 28.6 Å². The van der Waals surface area contributed by atoms with Crippen molar-refractivity contribution in [2.75, 3.05) is 13.2 Å². The maximum Gasteiger partial charge on any atom is 0.306 e. The number of rotatable bonds is 59. The fraction of sp³-hybridized carbons (Fsp3) is 0.640. The molecule has 0 aliphatic heterocycles. The highest BCUT2D eigenvalue weighted by molar-refractivity contribution is 5.71. The van der Waals surface area contributed by atoms with Gasteiger partial charge in [0, 0.05) is 19.3 Å². The van der Waals surface area contributed by atoms with E-state index >= 15 is 0 Å². The van der Waals surface area contributed by atoms with Crippen molar-refractivity contribution in [3.63, 3.8) is 0 Å². The second-order valence-electron chi connectivity index (χ2n) is 21.6. The molecular weight excluding hydrogens is 997 g/mol. The summed E-state index contributed by atoms with van der Waals surface area (Å²) in [6.07, 6.45) is 97.2. The Morgan fingerprint density at radius 3 is 0.802 bits per heavy atom. The van der Waals surface area contributed by atoms with Gasteiger partial charge < -0.3 is 14.2 Å². The highest BCUT2D eigenvalue weighted by Crippen LogP contribution is 2.15. The van der Waals surface area contributed by atoms with E-state index in [2.05, 4.69) is 167 Å². The van der Waals surface area contributed by atoms with E-state index in [1.165, 1.54) is 116 Å². The first-order valence-corrected chi connectivity index (χ1v) is 33.3. The van der Waals surface area contributed by atoms with Crippen LogP contribution < -0.4 is 0 Å². The Bertz CT molecular complexity index is 1760. The number of carbonyl (C=O) groups is 3. The molecule has 0 radical (unpaired) electrons. The lowest BCUT2D eigenvalue weighted by Crippen LogP contribution is -2.30. The minimum atomic E-state index is -0.817. The van der Waals surface area contributed by atoms with Crippen LogP contribution in [0.25, 0.3) is 0 Å². The van der Waals surface area contributed by atoms with Crippen LogP contribution in [0.5, 0.6) is 0 Å². The molecule has 1 unspecified atom stereocenters. The Balaban J connectivity index is 4.46. The Hall–Kier alpha value is -4.71. The topological polar surface area (TPSA) is 78.9 Å². The fourth-order valence-corrected chi connectivity index (χ4v) is 8.89. The first-order valence-electron chi connectivity index (χ1n) is 33.3. The third kappa shape index (κ3) is 66.0. The van der Waals surface area contributed by atoms with E-state index in [1.54, 1.807) is 0 Å². The first kappa shape index (κ1) is 76.3. The minimum absolute atomic E-state index is 0.107. The molecule has 0 amide bonds. The second-order valence-corrected chi connectivity index (χ2v) is 21.6. The van der Waals surface area contributed by atoms with Crippen molar-refractivity contribution in [1.82, 2.24) is 0 Å². The summed E-state index contributed by atoms with van der Waals surface area (Å²) in [5, 5.41) is 0. The molecule has 6 nitrogen and oxygen atoms in total. The zero-order valence-corrected chi connectivity index (χ0v) is 52.5. The van der Waals surface area contributed by atoms with Crippen LogP contribution in [0.15, 0.2) is 146 Å². The highest BCUT2D eigenvalue weighted by Gasteiger charge is 2.19. The van der Waals surface area contributed by atoms with Gasteiger partial charge >= 0.3 is 17.9 Å². The van der Waals surface area contributed by atoms with Crippen LogP contribution >= 0.6 is 0 Å². The maximum atomic E-state index is 12.9. The van der Waals surface area contributed by atoms with Gasteiger partial charge in [-0.3, -0.25) is 14.4 Å². The van der Waals surface area contributed by atoms with Crippen LogP contribution in [0.3, 0.4) is 0 Å². The molecule has 0 heterocycles. The normalized spacial score (nSPS) is 13.1. The van der Waals surface area contributed by atoms with Crippen molar-refractivity contribution in [1.29, 1.82) is 0 Å². The molecule has 0 spiro atoms.